The molecule has 0 radical (unpaired) electrons. The zero-order valence-corrected chi connectivity index (χ0v) is 17.2. The Kier molecular flexibility index (Phi) is 10.6. The first-order valence-electron chi connectivity index (χ1n) is 11.0. The molecule has 0 aromatic carbocycles. The average molecular weight is 323 g/mol. The Morgan fingerprint density at radius 2 is 1.52 bits per heavy atom. The van der Waals surface area contributed by atoms with E-state index in [9.17, 15) is 0 Å². The molecule has 1 fully saturated rings. The summed E-state index contributed by atoms with van der Waals surface area (Å²) in [6, 6.07) is 0. The maximum atomic E-state index is 2.49. The predicted molar refractivity (Wildman–Crippen MR) is 106 cm³/mol. The van der Waals surface area contributed by atoms with Crippen LogP contribution in [0.2, 0.25) is 0 Å². The first-order chi connectivity index (χ1) is 11.0. The minimum Gasteiger partial charge on any atom is -0.0654 e. The van der Waals surface area contributed by atoms with E-state index in [0.29, 0.717) is 0 Å². The van der Waals surface area contributed by atoms with Gasteiger partial charge in [-0.25, -0.2) is 0 Å². The van der Waals surface area contributed by atoms with Crippen LogP contribution < -0.4 is 0 Å². The van der Waals surface area contributed by atoms with E-state index in [1.807, 2.05) is 0 Å². The van der Waals surface area contributed by atoms with E-state index < -0.39 is 0 Å². The summed E-state index contributed by atoms with van der Waals surface area (Å²) in [6.07, 6.45) is 16.1. The normalized spacial score (nSPS) is 24.7. The summed E-state index contributed by atoms with van der Waals surface area (Å²) in [7, 11) is 0. The summed E-state index contributed by atoms with van der Waals surface area (Å²) in [5.41, 5.74) is 0. The van der Waals surface area contributed by atoms with Crippen LogP contribution in [0.3, 0.4) is 0 Å². The SMILES string of the molecule is CCCC(CCC(C)CCCCC(CC)CC1CC1C)C(C)C. The topological polar surface area (TPSA) is 0 Å². The number of hydrogen-bond donors (Lipinski definition) is 0. The molecule has 0 heteroatoms. The third kappa shape index (κ3) is 9.16. The summed E-state index contributed by atoms with van der Waals surface area (Å²) >= 11 is 0. The highest BCUT2D eigenvalue weighted by Gasteiger charge is 2.33. The summed E-state index contributed by atoms with van der Waals surface area (Å²) in [5.74, 6) is 5.93. The van der Waals surface area contributed by atoms with Crippen LogP contribution in [0.5, 0.6) is 0 Å². The second-order valence-electron chi connectivity index (χ2n) is 9.24. The van der Waals surface area contributed by atoms with Gasteiger partial charge in [-0.15, -0.1) is 0 Å². The second-order valence-corrected chi connectivity index (χ2v) is 9.24. The Hall–Kier alpha value is 0. The fourth-order valence-corrected chi connectivity index (χ4v) is 4.39. The fourth-order valence-electron chi connectivity index (χ4n) is 4.39. The molecule has 0 aromatic rings. The molecule has 138 valence electrons. The Balaban J connectivity index is 2.07. The molecule has 23 heavy (non-hydrogen) atoms. The zero-order chi connectivity index (χ0) is 17.2. The smallest absolute Gasteiger partial charge is 0.0383 e. The van der Waals surface area contributed by atoms with Crippen LogP contribution in [0.15, 0.2) is 0 Å². The molecule has 0 aromatic heterocycles. The van der Waals surface area contributed by atoms with Crippen molar-refractivity contribution in [2.24, 2.45) is 35.5 Å². The highest BCUT2D eigenvalue weighted by Crippen LogP contribution is 2.43. The molecule has 0 amide bonds. The number of unbranched alkanes of at least 4 members (excludes halogenated alkanes) is 1. The Morgan fingerprint density at radius 1 is 0.870 bits per heavy atom. The standard InChI is InChI=1S/C23H46/c1-7-11-22(18(3)4)15-14-19(5)12-9-10-13-21(8-2)17-23-16-20(23)6/h18-23H,7-17H2,1-6H3. The van der Waals surface area contributed by atoms with Gasteiger partial charge in [-0.05, 0) is 54.8 Å². The quantitative estimate of drug-likeness (QED) is 0.283. The van der Waals surface area contributed by atoms with Gasteiger partial charge >= 0.3 is 0 Å². The fraction of sp³-hybridized carbons (Fsp3) is 1.00. The summed E-state index contributed by atoms with van der Waals surface area (Å²) in [4.78, 5) is 0. The molecule has 1 aliphatic carbocycles. The first-order valence-corrected chi connectivity index (χ1v) is 11.0. The maximum absolute atomic E-state index is 2.49. The molecule has 0 heterocycles. The molecule has 0 bridgehead atoms. The summed E-state index contributed by atoms with van der Waals surface area (Å²) in [6.45, 7) is 14.5. The predicted octanol–water partition coefficient (Wildman–Crippen LogP) is 8.11. The number of hydrogen-bond acceptors (Lipinski definition) is 0. The van der Waals surface area contributed by atoms with Crippen molar-refractivity contribution in [1.29, 1.82) is 0 Å². The maximum Gasteiger partial charge on any atom is -0.0383 e. The van der Waals surface area contributed by atoms with Crippen molar-refractivity contribution in [3.63, 3.8) is 0 Å². The largest absolute Gasteiger partial charge is 0.0654 e. The van der Waals surface area contributed by atoms with Gasteiger partial charge in [-0.3, -0.25) is 0 Å². The van der Waals surface area contributed by atoms with E-state index in [4.69, 9.17) is 0 Å². The van der Waals surface area contributed by atoms with E-state index in [1.165, 1.54) is 70.6 Å². The van der Waals surface area contributed by atoms with E-state index in [-0.39, 0.29) is 0 Å². The second kappa shape index (κ2) is 11.5. The summed E-state index contributed by atoms with van der Waals surface area (Å²) < 4.78 is 0. The van der Waals surface area contributed by atoms with Crippen LogP contribution >= 0.6 is 0 Å². The van der Waals surface area contributed by atoms with Crippen LogP contribution in [0.4, 0.5) is 0 Å². The minimum atomic E-state index is 0.872. The Labute approximate surface area is 148 Å². The molecule has 1 rings (SSSR count). The molecule has 0 nitrogen and oxygen atoms in total. The lowest BCUT2D eigenvalue weighted by Gasteiger charge is -2.22. The van der Waals surface area contributed by atoms with Crippen molar-refractivity contribution >= 4 is 0 Å². The monoisotopic (exact) mass is 322 g/mol. The lowest BCUT2D eigenvalue weighted by molar-refractivity contribution is 0.296. The van der Waals surface area contributed by atoms with Gasteiger partial charge in [0.05, 0.1) is 0 Å². The van der Waals surface area contributed by atoms with E-state index in [0.717, 1.165) is 35.5 Å². The third-order valence-corrected chi connectivity index (χ3v) is 6.68. The van der Waals surface area contributed by atoms with Gasteiger partial charge in [0.25, 0.3) is 0 Å². The van der Waals surface area contributed by atoms with E-state index >= 15 is 0 Å². The number of rotatable bonds is 14. The molecule has 1 saturated carbocycles. The van der Waals surface area contributed by atoms with Gasteiger partial charge in [-0.2, -0.15) is 0 Å². The molecule has 0 aliphatic heterocycles. The molecule has 0 saturated heterocycles. The lowest BCUT2D eigenvalue weighted by atomic mass is 9.84. The van der Waals surface area contributed by atoms with Crippen molar-refractivity contribution in [3.8, 4) is 0 Å². The van der Waals surface area contributed by atoms with Gasteiger partial charge in [-0.1, -0.05) is 92.9 Å². The molecular weight excluding hydrogens is 276 g/mol. The van der Waals surface area contributed by atoms with Crippen molar-refractivity contribution in [1.82, 2.24) is 0 Å². The van der Waals surface area contributed by atoms with Crippen LogP contribution in [0.25, 0.3) is 0 Å². The highest BCUT2D eigenvalue weighted by molar-refractivity contribution is 4.84. The minimum absolute atomic E-state index is 0.872. The molecule has 0 spiro atoms. The highest BCUT2D eigenvalue weighted by atomic mass is 14.4. The first kappa shape index (κ1) is 21.0. The van der Waals surface area contributed by atoms with Crippen molar-refractivity contribution in [2.75, 3.05) is 0 Å². The van der Waals surface area contributed by atoms with E-state index in [1.54, 1.807) is 0 Å². The molecule has 1 aliphatic rings. The summed E-state index contributed by atoms with van der Waals surface area (Å²) in [5, 5.41) is 0. The van der Waals surface area contributed by atoms with Gasteiger partial charge in [0.15, 0.2) is 0 Å². The van der Waals surface area contributed by atoms with Crippen molar-refractivity contribution < 1.29 is 0 Å². The lowest BCUT2D eigenvalue weighted by Crippen LogP contribution is -2.10. The van der Waals surface area contributed by atoms with Crippen molar-refractivity contribution in [3.05, 3.63) is 0 Å². The molecule has 5 unspecified atom stereocenters. The van der Waals surface area contributed by atoms with Gasteiger partial charge in [0, 0.05) is 0 Å². The van der Waals surface area contributed by atoms with E-state index in [2.05, 4.69) is 41.5 Å². The van der Waals surface area contributed by atoms with Crippen LogP contribution in [-0.4, -0.2) is 0 Å². The zero-order valence-electron chi connectivity index (χ0n) is 17.2. The Bertz CT molecular complexity index is 280. The van der Waals surface area contributed by atoms with Gasteiger partial charge in [0.1, 0.15) is 0 Å². The van der Waals surface area contributed by atoms with Gasteiger partial charge < -0.3 is 0 Å². The third-order valence-electron chi connectivity index (χ3n) is 6.68. The molecule has 0 N–H and O–H groups in total. The molecule has 5 atom stereocenters. The molecular formula is C23H46. The van der Waals surface area contributed by atoms with Crippen LogP contribution in [0, 0.1) is 35.5 Å². The van der Waals surface area contributed by atoms with Crippen molar-refractivity contribution in [2.45, 2.75) is 112 Å². The Morgan fingerprint density at radius 3 is 2.04 bits per heavy atom. The average Bonchev–Trinajstić information content (AvgIpc) is 3.21. The van der Waals surface area contributed by atoms with Crippen LogP contribution in [0.1, 0.15) is 112 Å². The van der Waals surface area contributed by atoms with Crippen LogP contribution in [-0.2, 0) is 0 Å². The van der Waals surface area contributed by atoms with Gasteiger partial charge in [0.2, 0.25) is 0 Å².